The van der Waals surface area contributed by atoms with Crippen LogP contribution in [-0.2, 0) is 13.0 Å². The number of aryl methyl sites for hydroxylation is 2. The number of hydrogen-bond acceptors (Lipinski definition) is 3. The predicted molar refractivity (Wildman–Crippen MR) is 75.1 cm³/mol. The molecule has 18 heavy (non-hydrogen) atoms. The fourth-order valence-corrected chi connectivity index (χ4v) is 3.35. The van der Waals surface area contributed by atoms with Crippen molar-refractivity contribution in [3.63, 3.8) is 0 Å². The van der Waals surface area contributed by atoms with Gasteiger partial charge in [0, 0.05) is 30.9 Å². The van der Waals surface area contributed by atoms with E-state index in [0.29, 0.717) is 5.92 Å². The standard InChI is InChI=1S/C14H19N3S/c1-2-13(8-15-5-1)14-9-16-11-17(14)6-3-12-4-7-18-10-12/h4,7,9-11,13,15H,1-3,5-6,8H2. The van der Waals surface area contributed by atoms with E-state index in [9.17, 15) is 0 Å². The van der Waals surface area contributed by atoms with Crippen LogP contribution < -0.4 is 5.32 Å². The first kappa shape index (κ1) is 11.9. The zero-order chi connectivity index (χ0) is 12.2. The van der Waals surface area contributed by atoms with Gasteiger partial charge in [-0.05, 0) is 48.2 Å². The summed E-state index contributed by atoms with van der Waals surface area (Å²) < 4.78 is 2.33. The molecule has 3 nitrogen and oxygen atoms in total. The van der Waals surface area contributed by atoms with Crippen LogP contribution in [-0.4, -0.2) is 22.6 Å². The molecular weight excluding hydrogens is 242 g/mol. The summed E-state index contributed by atoms with van der Waals surface area (Å²) in [5, 5.41) is 7.86. The Morgan fingerprint density at radius 3 is 3.28 bits per heavy atom. The Kier molecular flexibility index (Phi) is 3.76. The highest BCUT2D eigenvalue weighted by molar-refractivity contribution is 7.07. The number of nitrogens with zero attached hydrogens (tertiary/aromatic N) is 2. The molecule has 0 amide bonds. The Morgan fingerprint density at radius 2 is 2.50 bits per heavy atom. The summed E-state index contributed by atoms with van der Waals surface area (Å²) in [6.07, 6.45) is 7.70. The van der Waals surface area contributed by atoms with Gasteiger partial charge < -0.3 is 9.88 Å². The number of piperidine rings is 1. The molecule has 0 radical (unpaired) electrons. The lowest BCUT2D eigenvalue weighted by Crippen LogP contribution is -2.29. The monoisotopic (exact) mass is 261 g/mol. The smallest absolute Gasteiger partial charge is 0.0948 e. The highest BCUT2D eigenvalue weighted by Crippen LogP contribution is 2.23. The van der Waals surface area contributed by atoms with E-state index in [4.69, 9.17) is 0 Å². The molecule has 3 rings (SSSR count). The number of aromatic nitrogens is 2. The summed E-state index contributed by atoms with van der Waals surface area (Å²) in [6.45, 7) is 3.31. The van der Waals surface area contributed by atoms with Crippen molar-refractivity contribution in [2.45, 2.75) is 31.7 Å². The molecule has 1 fully saturated rings. The van der Waals surface area contributed by atoms with Crippen LogP contribution in [0.5, 0.6) is 0 Å². The number of hydrogen-bond donors (Lipinski definition) is 1. The highest BCUT2D eigenvalue weighted by atomic mass is 32.1. The summed E-state index contributed by atoms with van der Waals surface area (Å²) in [4.78, 5) is 4.34. The first-order chi connectivity index (χ1) is 8.93. The van der Waals surface area contributed by atoms with Crippen molar-refractivity contribution in [2.75, 3.05) is 13.1 Å². The van der Waals surface area contributed by atoms with E-state index >= 15 is 0 Å². The summed E-state index contributed by atoms with van der Waals surface area (Å²) in [7, 11) is 0. The Hall–Kier alpha value is -1.13. The summed E-state index contributed by atoms with van der Waals surface area (Å²) in [5.74, 6) is 0.642. The predicted octanol–water partition coefficient (Wildman–Crippen LogP) is 2.65. The molecule has 2 aromatic heterocycles. The zero-order valence-electron chi connectivity index (χ0n) is 10.5. The molecule has 0 aromatic carbocycles. The highest BCUT2D eigenvalue weighted by Gasteiger charge is 2.18. The zero-order valence-corrected chi connectivity index (χ0v) is 11.3. The van der Waals surface area contributed by atoms with Crippen LogP contribution in [0, 0.1) is 0 Å². The molecular formula is C14H19N3S. The van der Waals surface area contributed by atoms with Crippen LogP contribution in [0.4, 0.5) is 0 Å². The quantitative estimate of drug-likeness (QED) is 0.917. The van der Waals surface area contributed by atoms with E-state index in [0.717, 1.165) is 19.5 Å². The van der Waals surface area contributed by atoms with Gasteiger partial charge in [0.05, 0.1) is 6.33 Å². The van der Waals surface area contributed by atoms with Crippen molar-refractivity contribution in [2.24, 2.45) is 0 Å². The molecule has 1 atom stereocenters. The molecule has 0 saturated carbocycles. The lowest BCUT2D eigenvalue weighted by Gasteiger charge is -2.23. The summed E-state index contributed by atoms with van der Waals surface area (Å²) in [5.41, 5.74) is 2.83. The number of thiophene rings is 1. The van der Waals surface area contributed by atoms with Gasteiger partial charge in [-0.1, -0.05) is 0 Å². The van der Waals surface area contributed by atoms with Gasteiger partial charge in [-0.25, -0.2) is 4.98 Å². The second-order valence-corrected chi connectivity index (χ2v) is 5.72. The molecule has 0 aliphatic carbocycles. The van der Waals surface area contributed by atoms with E-state index in [1.165, 1.54) is 30.6 Å². The molecule has 0 spiro atoms. The average molecular weight is 261 g/mol. The molecule has 4 heteroatoms. The average Bonchev–Trinajstić information content (AvgIpc) is 3.09. The Morgan fingerprint density at radius 1 is 1.50 bits per heavy atom. The van der Waals surface area contributed by atoms with Crippen LogP contribution in [0.25, 0.3) is 0 Å². The molecule has 1 aliphatic rings. The number of imidazole rings is 1. The largest absolute Gasteiger partial charge is 0.334 e. The van der Waals surface area contributed by atoms with E-state index in [-0.39, 0.29) is 0 Å². The van der Waals surface area contributed by atoms with Crippen molar-refractivity contribution in [3.05, 3.63) is 40.6 Å². The fraction of sp³-hybridized carbons (Fsp3) is 0.500. The van der Waals surface area contributed by atoms with Gasteiger partial charge in [-0.3, -0.25) is 0 Å². The molecule has 96 valence electrons. The Bertz CT molecular complexity index is 469. The normalized spacial score (nSPS) is 20.1. The van der Waals surface area contributed by atoms with Gasteiger partial charge in [-0.15, -0.1) is 0 Å². The molecule has 1 aliphatic heterocycles. The second-order valence-electron chi connectivity index (χ2n) is 4.94. The van der Waals surface area contributed by atoms with Crippen molar-refractivity contribution in [3.8, 4) is 0 Å². The molecule has 3 heterocycles. The molecule has 1 saturated heterocycles. The third-order valence-electron chi connectivity index (χ3n) is 3.68. The van der Waals surface area contributed by atoms with E-state index in [1.807, 2.05) is 12.5 Å². The lowest BCUT2D eigenvalue weighted by atomic mass is 9.96. The van der Waals surface area contributed by atoms with Crippen LogP contribution in [0.2, 0.25) is 0 Å². The summed E-state index contributed by atoms with van der Waals surface area (Å²) in [6, 6.07) is 2.21. The second kappa shape index (κ2) is 5.67. The Balaban J connectivity index is 1.67. The maximum Gasteiger partial charge on any atom is 0.0948 e. The minimum atomic E-state index is 0.642. The van der Waals surface area contributed by atoms with E-state index in [1.54, 1.807) is 11.3 Å². The van der Waals surface area contributed by atoms with Crippen molar-refractivity contribution >= 4 is 11.3 Å². The third kappa shape index (κ3) is 2.65. The molecule has 1 unspecified atom stereocenters. The maximum absolute atomic E-state index is 4.34. The molecule has 1 N–H and O–H groups in total. The molecule has 0 bridgehead atoms. The van der Waals surface area contributed by atoms with Gasteiger partial charge in [-0.2, -0.15) is 11.3 Å². The number of rotatable bonds is 4. The summed E-state index contributed by atoms with van der Waals surface area (Å²) >= 11 is 1.77. The van der Waals surface area contributed by atoms with Gasteiger partial charge in [0.2, 0.25) is 0 Å². The van der Waals surface area contributed by atoms with Crippen molar-refractivity contribution < 1.29 is 0 Å². The van der Waals surface area contributed by atoms with Crippen molar-refractivity contribution in [1.82, 2.24) is 14.9 Å². The van der Waals surface area contributed by atoms with Crippen LogP contribution in [0.15, 0.2) is 29.4 Å². The van der Waals surface area contributed by atoms with Gasteiger partial charge in [0.25, 0.3) is 0 Å². The first-order valence-electron chi connectivity index (χ1n) is 6.65. The van der Waals surface area contributed by atoms with E-state index in [2.05, 4.69) is 31.7 Å². The molecule has 2 aromatic rings. The first-order valence-corrected chi connectivity index (χ1v) is 7.59. The SMILES string of the molecule is c1cc(CCn2cncc2C2CCCNC2)cs1. The van der Waals surface area contributed by atoms with Gasteiger partial charge in [0.1, 0.15) is 0 Å². The Labute approximate surface area is 112 Å². The van der Waals surface area contributed by atoms with Gasteiger partial charge in [0.15, 0.2) is 0 Å². The number of nitrogens with one attached hydrogen (secondary N) is 1. The van der Waals surface area contributed by atoms with Crippen LogP contribution >= 0.6 is 11.3 Å². The van der Waals surface area contributed by atoms with Crippen LogP contribution in [0.1, 0.15) is 30.0 Å². The lowest BCUT2D eigenvalue weighted by molar-refractivity contribution is 0.440. The van der Waals surface area contributed by atoms with Gasteiger partial charge >= 0.3 is 0 Å². The van der Waals surface area contributed by atoms with Crippen LogP contribution in [0.3, 0.4) is 0 Å². The minimum Gasteiger partial charge on any atom is -0.334 e. The third-order valence-corrected chi connectivity index (χ3v) is 4.41. The minimum absolute atomic E-state index is 0.642. The van der Waals surface area contributed by atoms with Crippen molar-refractivity contribution in [1.29, 1.82) is 0 Å². The fourth-order valence-electron chi connectivity index (χ4n) is 2.65. The maximum atomic E-state index is 4.34. The van der Waals surface area contributed by atoms with E-state index < -0.39 is 0 Å². The topological polar surface area (TPSA) is 29.9 Å².